The Morgan fingerprint density at radius 1 is 1.56 bits per heavy atom. The number of rotatable bonds is 6. The van der Waals surface area contributed by atoms with Crippen LogP contribution in [-0.4, -0.2) is 18.3 Å². The van der Waals surface area contributed by atoms with Gasteiger partial charge >= 0.3 is 0 Å². The molecule has 0 saturated carbocycles. The number of benzene rings is 1. The van der Waals surface area contributed by atoms with Crippen LogP contribution in [0.2, 0.25) is 0 Å². The number of hydrogen-bond donors (Lipinski definition) is 2. The second-order valence-electron chi connectivity index (χ2n) is 4.07. The van der Waals surface area contributed by atoms with Gasteiger partial charge in [-0.25, -0.2) is 4.39 Å². The van der Waals surface area contributed by atoms with Gasteiger partial charge in [-0.1, -0.05) is 13.3 Å². The zero-order valence-electron chi connectivity index (χ0n) is 10.2. The lowest BCUT2D eigenvalue weighted by molar-refractivity contribution is 0.258. The first kappa shape index (κ1) is 14.9. The Morgan fingerprint density at radius 2 is 2.28 bits per heavy atom. The van der Waals surface area contributed by atoms with Gasteiger partial charge in [-0.05, 0) is 40.4 Å². The van der Waals surface area contributed by atoms with Crippen molar-refractivity contribution in [1.29, 1.82) is 5.26 Å². The maximum atomic E-state index is 13.9. The average molecular weight is 315 g/mol. The van der Waals surface area contributed by atoms with Crippen molar-refractivity contribution in [2.24, 2.45) is 5.92 Å². The topological polar surface area (TPSA) is 56.0 Å². The quantitative estimate of drug-likeness (QED) is 0.847. The van der Waals surface area contributed by atoms with Crippen LogP contribution in [0, 0.1) is 23.1 Å². The highest BCUT2D eigenvalue weighted by atomic mass is 79.9. The minimum atomic E-state index is -0.451. The summed E-state index contributed by atoms with van der Waals surface area (Å²) >= 11 is 3.07. The van der Waals surface area contributed by atoms with Crippen molar-refractivity contribution >= 4 is 21.6 Å². The summed E-state index contributed by atoms with van der Waals surface area (Å²) in [4.78, 5) is 0. The number of nitrogens with zero attached hydrogens (tertiary/aromatic N) is 1. The largest absolute Gasteiger partial charge is 0.396 e. The molecule has 5 heteroatoms. The summed E-state index contributed by atoms with van der Waals surface area (Å²) in [5.74, 6) is -0.142. The van der Waals surface area contributed by atoms with Gasteiger partial charge in [-0.2, -0.15) is 5.26 Å². The average Bonchev–Trinajstić information content (AvgIpc) is 2.39. The summed E-state index contributed by atoms with van der Waals surface area (Å²) < 4.78 is 14.1. The van der Waals surface area contributed by atoms with Crippen LogP contribution >= 0.6 is 15.9 Å². The van der Waals surface area contributed by atoms with Crippen LogP contribution in [0.3, 0.4) is 0 Å². The lowest BCUT2D eigenvalue weighted by Gasteiger charge is -2.16. The van der Waals surface area contributed by atoms with Crippen molar-refractivity contribution in [1.82, 2.24) is 0 Å². The molecule has 98 valence electrons. The van der Waals surface area contributed by atoms with Crippen molar-refractivity contribution in [3.8, 4) is 6.07 Å². The monoisotopic (exact) mass is 314 g/mol. The van der Waals surface area contributed by atoms with E-state index in [1.165, 1.54) is 0 Å². The van der Waals surface area contributed by atoms with Crippen molar-refractivity contribution < 1.29 is 9.50 Å². The molecular weight excluding hydrogens is 299 g/mol. The highest BCUT2D eigenvalue weighted by Crippen LogP contribution is 2.26. The Labute approximate surface area is 115 Å². The number of nitriles is 1. The van der Waals surface area contributed by atoms with E-state index in [2.05, 4.69) is 21.2 Å². The molecule has 1 rings (SSSR count). The fourth-order valence-corrected chi connectivity index (χ4v) is 2.09. The van der Waals surface area contributed by atoms with Gasteiger partial charge in [-0.3, -0.25) is 0 Å². The van der Waals surface area contributed by atoms with Crippen molar-refractivity contribution in [2.45, 2.75) is 19.8 Å². The van der Waals surface area contributed by atoms with Gasteiger partial charge in [0.2, 0.25) is 0 Å². The van der Waals surface area contributed by atoms with Crippen LogP contribution in [0.15, 0.2) is 16.6 Å². The van der Waals surface area contributed by atoms with Crippen LogP contribution in [0.4, 0.5) is 10.1 Å². The van der Waals surface area contributed by atoms with Gasteiger partial charge in [0.15, 0.2) is 5.82 Å². The Bertz CT molecular complexity index is 445. The highest BCUT2D eigenvalue weighted by molar-refractivity contribution is 9.10. The molecule has 3 nitrogen and oxygen atoms in total. The van der Waals surface area contributed by atoms with Crippen LogP contribution < -0.4 is 5.32 Å². The molecule has 0 aliphatic carbocycles. The molecule has 0 bridgehead atoms. The van der Waals surface area contributed by atoms with Crippen LogP contribution in [0.25, 0.3) is 0 Å². The fraction of sp³-hybridized carbons (Fsp3) is 0.462. The van der Waals surface area contributed by atoms with Crippen LogP contribution in [0.5, 0.6) is 0 Å². The third-order valence-corrected chi connectivity index (χ3v) is 3.67. The molecule has 0 spiro atoms. The van der Waals surface area contributed by atoms with E-state index in [1.54, 1.807) is 12.1 Å². The van der Waals surface area contributed by atoms with Crippen LogP contribution in [0.1, 0.15) is 25.3 Å². The van der Waals surface area contributed by atoms with Gasteiger partial charge in [0, 0.05) is 13.2 Å². The van der Waals surface area contributed by atoms with E-state index in [0.717, 1.165) is 6.42 Å². The molecule has 0 saturated heterocycles. The molecule has 0 aliphatic rings. The van der Waals surface area contributed by atoms with Crippen LogP contribution in [-0.2, 0) is 0 Å². The molecule has 1 aromatic rings. The lowest BCUT2D eigenvalue weighted by Crippen LogP contribution is -2.15. The molecule has 0 radical (unpaired) electrons. The smallest absolute Gasteiger partial charge is 0.161 e. The molecule has 0 aromatic heterocycles. The van der Waals surface area contributed by atoms with E-state index in [4.69, 9.17) is 10.4 Å². The first-order valence-electron chi connectivity index (χ1n) is 5.86. The summed E-state index contributed by atoms with van der Waals surface area (Å²) in [5, 5.41) is 20.7. The van der Waals surface area contributed by atoms with Gasteiger partial charge in [0.05, 0.1) is 15.7 Å². The zero-order valence-corrected chi connectivity index (χ0v) is 11.8. The number of aliphatic hydroxyl groups excluding tert-OH is 1. The third-order valence-electron chi connectivity index (χ3n) is 2.90. The molecular formula is C13H16BrFN2O. The van der Waals surface area contributed by atoms with Crippen molar-refractivity contribution in [3.63, 3.8) is 0 Å². The van der Waals surface area contributed by atoms with Gasteiger partial charge < -0.3 is 10.4 Å². The number of anilines is 1. The summed E-state index contributed by atoms with van der Waals surface area (Å²) in [6, 6.07) is 5.04. The standard InChI is InChI=1S/C13H16BrFN2O/c1-2-9(5-6-18)8-17-11-4-3-10(7-16)12(14)13(11)15/h3-4,9,17-18H,2,5-6,8H2,1H3. The predicted molar refractivity (Wildman–Crippen MR) is 72.8 cm³/mol. The van der Waals surface area contributed by atoms with E-state index >= 15 is 0 Å². The number of halogens is 2. The van der Waals surface area contributed by atoms with E-state index in [1.807, 2.05) is 13.0 Å². The lowest BCUT2D eigenvalue weighted by atomic mass is 10.0. The van der Waals surface area contributed by atoms with Gasteiger partial charge in [0.1, 0.15) is 6.07 Å². The second-order valence-corrected chi connectivity index (χ2v) is 4.86. The predicted octanol–water partition coefficient (Wildman–Crippen LogP) is 3.28. The molecule has 0 amide bonds. The number of aliphatic hydroxyl groups is 1. The second kappa shape index (κ2) is 7.34. The minimum Gasteiger partial charge on any atom is -0.396 e. The Balaban J connectivity index is 2.74. The maximum Gasteiger partial charge on any atom is 0.161 e. The third kappa shape index (κ3) is 3.69. The molecule has 18 heavy (non-hydrogen) atoms. The first-order valence-corrected chi connectivity index (χ1v) is 6.66. The Morgan fingerprint density at radius 3 is 2.83 bits per heavy atom. The number of hydrogen-bond acceptors (Lipinski definition) is 3. The van der Waals surface area contributed by atoms with E-state index in [-0.39, 0.29) is 16.6 Å². The summed E-state index contributed by atoms with van der Waals surface area (Å²) in [6.07, 6.45) is 1.62. The highest BCUT2D eigenvalue weighted by Gasteiger charge is 2.12. The Hall–Kier alpha value is -1.12. The molecule has 1 aromatic carbocycles. The van der Waals surface area contributed by atoms with Gasteiger partial charge in [-0.15, -0.1) is 0 Å². The van der Waals surface area contributed by atoms with Gasteiger partial charge in [0.25, 0.3) is 0 Å². The van der Waals surface area contributed by atoms with Crippen molar-refractivity contribution in [3.05, 3.63) is 28.0 Å². The maximum absolute atomic E-state index is 13.9. The number of nitrogens with one attached hydrogen (secondary N) is 1. The molecule has 1 unspecified atom stereocenters. The minimum absolute atomic E-state index is 0.139. The molecule has 0 aliphatic heterocycles. The summed E-state index contributed by atoms with van der Waals surface area (Å²) in [6.45, 7) is 2.78. The molecule has 1 atom stereocenters. The SMILES string of the molecule is CCC(CCO)CNc1ccc(C#N)c(Br)c1F. The first-order chi connectivity index (χ1) is 8.63. The van der Waals surface area contributed by atoms with E-state index < -0.39 is 5.82 Å². The Kier molecular flexibility index (Phi) is 6.10. The van der Waals surface area contributed by atoms with Crippen molar-refractivity contribution in [2.75, 3.05) is 18.5 Å². The summed E-state index contributed by atoms with van der Waals surface area (Å²) in [5.41, 5.74) is 0.651. The molecule has 0 fully saturated rings. The van der Waals surface area contributed by atoms with E-state index in [0.29, 0.717) is 24.6 Å². The summed E-state index contributed by atoms with van der Waals surface area (Å²) in [7, 11) is 0. The van der Waals surface area contributed by atoms with E-state index in [9.17, 15) is 4.39 Å². The normalized spacial score (nSPS) is 11.9. The molecule has 2 N–H and O–H groups in total. The molecule has 0 heterocycles. The zero-order chi connectivity index (χ0) is 13.5. The fourth-order valence-electron chi connectivity index (χ4n) is 1.66.